The van der Waals surface area contributed by atoms with Gasteiger partial charge in [0.15, 0.2) is 0 Å². The van der Waals surface area contributed by atoms with E-state index in [0.29, 0.717) is 11.8 Å². The molecule has 2 N–H and O–H groups in total. The monoisotopic (exact) mass is 211 g/mol. The van der Waals surface area contributed by atoms with E-state index in [1.165, 1.54) is 0 Å². The lowest BCUT2D eigenvalue weighted by Crippen LogP contribution is -2.49. The molecule has 0 saturated heterocycles. The Morgan fingerprint density at radius 1 is 1.53 bits per heavy atom. The first kappa shape index (κ1) is 12.5. The summed E-state index contributed by atoms with van der Waals surface area (Å²) in [5, 5.41) is 0. The average Bonchev–Trinajstić information content (AvgIpc) is 2.16. The van der Waals surface area contributed by atoms with Gasteiger partial charge in [-0.25, -0.2) is 0 Å². The molecule has 2 nitrogen and oxygen atoms in total. The molecule has 0 radical (unpaired) electrons. The van der Waals surface area contributed by atoms with E-state index in [1.54, 1.807) is 0 Å². The molecule has 2 heteroatoms. The van der Waals surface area contributed by atoms with Crippen molar-refractivity contribution < 1.29 is 4.79 Å². The van der Waals surface area contributed by atoms with Crippen LogP contribution in [0.3, 0.4) is 0 Å². The molecule has 1 aliphatic rings. The Labute approximate surface area is 93.6 Å². The lowest BCUT2D eigenvalue weighted by atomic mass is 9.57. The Kier molecular flexibility index (Phi) is 3.80. The van der Waals surface area contributed by atoms with Crippen molar-refractivity contribution in [1.29, 1.82) is 0 Å². The highest BCUT2D eigenvalue weighted by atomic mass is 16.1. The molecule has 88 valence electrons. The number of amides is 1. The van der Waals surface area contributed by atoms with Crippen molar-refractivity contribution in [2.45, 2.75) is 53.4 Å². The number of carbonyl (C=O) groups excluding carboxylic acids is 1. The molecule has 0 heterocycles. The quantitative estimate of drug-likeness (QED) is 0.766. The Morgan fingerprint density at radius 3 is 2.53 bits per heavy atom. The van der Waals surface area contributed by atoms with E-state index in [9.17, 15) is 4.79 Å². The van der Waals surface area contributed by atoms with Gasteiger partial charge in [-0.1, -0.05) is 34.1 Å². The predicted octanol–water partition coefficient (Wildman–Crippen LogP) is 2.96. The Morgan fingerprint density at radius 2 is 2.13 bits per heavy atom. The minimum atomic E-state index is -0.235. The zero-order chi connectivity index (χ0) is 11.6. The molecule has 0 aliphatic heterocycles. The lowest BCUT2D eigenvalue weighted by Gasteiger charge is -2.46. The van der Waals surface area contributed by atoms with Gasteiger partial charge in [0.1, 0.15) is 0 Å². The molecule has 1 amide bonds. The Hall–Kier alpha value is -0.530. The van der Waals surface area contributed by atoms with E-state index >= 15 is 0 Å². The third kappa shape index (κ3) is 2.04. The second kappa shape index (κ2) is 4.54. The second-order valence-electron chi connectivity index (χ2n) is 5.54. The Balaban J connectivity index is 2.99. The van der Waals surface area contributed by atoms with Crippen LogP contribution in [-0.2, 0) is 4.79 Å². The van der Waals surface area contributed by atoms with Crippen LogP contribution in [-0.4, -0.2) is 5.91 Å². The van der Waals surface area contributed by atoms with Crippen LogP contribution in [0.5, 0.6) is 0 Å². The minimum absolute atomic E-state index is 0.0729. The molecule has 1 aliphatic carbocycles. The van der Waals surface area contributed by atoms with Gasteiger partial charge in [-0.3, -0.25) is 4.79 Å². The van der Waals surface area contributed by atoms with Gasteiger partial charge in [-0.05, 0) is 37.0 Å². The van der Waals surface area contributed by atoms with E-state index in [4.69, 9.17) is 5.73 Å². The maximum Gasteiger partial charge on any atom is 0.224 e. The fourth-order valence-corrected chi connectivity index (χ4v) is 3.40. The molecule has 0 aromatic rings. The summed E-state index contributed by atoms with van der Waals surface area (Å²) in [6, 6.07) is 0. The largest absolute Gasteiger partial charge is 0.369 e. The number of carbonyl (C=O) groups is 1. The topological polar surface area (TPSA) is 43.1 Å². The highest BCUT2D eigenvalue weighted by molar-refractivity contribution is 5.81. The number of rotatable bonds is 3. The van der Waals surface area contributed by atoms with Gasteiger partial charge in [0, 0.05) is 0 Å². The van der Waals surface area contributed by atoms with Gasteiger partial charge in [0.2, 0.25) is 5.91 Å². The van der Waals surface area contributed by atoms with E-state index in [2.05, 4.69) is 27.7 Å². The summed E-state index contributed by atoms with van der Waals surface area (Å²) in [5.74, 6) is 1.53. The van der Waals surface area contributed by atoms with Gasteiger partial charge < -0.3 is 5.73 Å². The summed E-state index contributed by atoms with van der Waals surface area (Å²) < 4.78 is 0. The van der Waals surface area contributed by atoms with Gasteiger partial charge in [0.05, 0.1) is 5.41 Å². The smallest absolute Gasteiger partial charge is 0.224 e. The summed E-state index contributed by atoms with van der Waals surface area (Å²) in [4.78, 5) is 11.8. The van der Waals surface area contributed by atoms with Crippen molar-refractivity contribution in [2.24, 2.45) is 28.9 Å². The van der Waals surface area contributed by atoms with Gasteiger partial charge in [0.25, 0.3) is 0 Å². The van der Waals surface area contributed by atoms with Crippen LogP contribution in [0.2, 0.25) is 0 Å². The minimum Gasteiger partial charge on any atom is -0.369 e. The molecule has 0 aromatic carbocycles. The SMILES string of the molecule is CCC1CC(C)CCC1(C(N)=O)C(C)C. The van der Waals surface area contributed by atoms with Crippen molar-refractivity contribution in [3.8, 4) is 0 Å². The summed E-state index contributed by atoms with van der Waals surface area (Å²) in [7, 11) is 0. The first-order chi connectivity index (χ1) is 6.95. The van der Waals surface area contributed by atoms with Crippen LogP contribution >= 0.6 is 0 Å². The van der Waals surface area contributed by atoms with Crippen molar-refractivity contribution in [3.05, 3.63) is 0 Å². The van der Waals surface area contributed by atoms with Crippen LogP contribution in [0, 0.1) is 23.2 Å². The first-order valence-corrected chi connectivity index (χ1v) is 6.25. The van der Waals surface area contributed by atoms with Crippen LogP contribution in [0.1, 0.15) is 53.4 Å². The molecule has 15 heavy (non-hydrogen) atoms. The van der Waals surface area contributed by atoms with Crippen molar-refractivity contribution >= 4 is 5.91 Å². The maximum atomic E-state index is 11.8. The van der Waals surface area contributed by atoms with Gasteiger partial charge in [-0.2, -0.15) is 0 Å². The summed E-state index contributed by atoms with van der Waals surface area (Å²) >= 11 is 0. The van der Waals surface area contributed by atoms with Crippen molar-refractivity contribution in [3.63, 3.8) is 0 Å². The molecular formula is C13H25NO. The molecule has 0 bridgehead atoms. The van der Waals surface area contributed by atoms with E-state index < -0.39 is 0 Å². The van der Waals surface area contributed by atoms with Crippen LogP contribution in [0.15, 0.2) is 0 Å². The summed E-state index contributed by atoms with van der Waals surface area (Å²) in [6.45, 7) is 8.75. The molecule has 1 rings (SSSR count). The van der Waals surface area contributed by atoms with E-state index in [-0.39, 0.29) is 11.3 Å². The number of hydrogen-bond acceptors (Lipinski definition) is 1. The molecule has 3 unspecified atom stereocenters. The number of nitrogens with two attached hydrogens (primary N) is 1. The predicted molar refractivity (Wildman–Crippen MR) is 63.3 cm³/mol. The zero-order valence-corrected chi connectivity index (χ0v) is 10.5. The average molecular weight is 211 g/mol. The third-order valence-corrected chi connectivity index (χ3v) is 4.45. The second-order valence-corrected chi connectivity index (χ2v) is 5.54. The van der Waals surface area contributed by atoms with Crippen molar-refractivity contribution in [2.75, 3.05) is 0 Å². The van der Waals surface area contributed by atoms with E-state index in [0.717, 1.165) is 31.6 Å². The van der Waals surface area contributed by atoms with Crippen LogP contribution in [0.4, 0.5) is 0 Å². The molecule has 1 fully saturated rings. The molecule has 3 atom stereocenters. The Bertz CT molecular complexity index is 237. The van der Waals surface area contributed by atoms with E-state index in [1.807, 2.05) is 0 Å². The molecule has 0 spiro atoms. The fraction of sp³-hybridized carbons (Fsp3) is 0.923. The number of primary amides is 1. The van der Waals surface area contributed by atoms with Crippen molar-refractivity contribution in [1.82, 2.24) is 0 Å². The van der Waals surface area contributed by atoms with Crippen LogP contribution < -0.4 is 5.73 Å². The fourth-order valence-electron chi connectivity index (χ4n) is 3.40. The van der Waals surface area contributed by atoms with Gasteiger partial charge in [-0.15, -0.1) is 0 Å². The zero-order valence-electron chi connectivity index (χ0n) is 10.5. The molecule has 0 aromatic heterocycles. The highest BCUT2D eigenvalue weighted by Crippen LogP contribution is 2.49. The third-order valence-electron chi connectivity index (χ3n) is 4.45. The molecule has 1 saturated carbocycles. The first-order valence-electron chi connectivity index (χ1n) is 6.25. The number of hydrogen-bond donors (Lipinski definition) is 1. The summed E-state index contributed by atoms with van der Waals surface area (Å²) in [6.07, 6.45) is 4.38. The summed E-state index contributed by atoms with van der Waals surface area (Å²) in [5.41, 5.74) is 5.44. The normalized spacial score (nSPS) is 36.9. The molecular weight excluding hydrogens is 186 g/mol. The van der Waals surface area contributed by atoms with Crippen LogP contribution in [0.25, 0.3) is 0 Å². The van der Waals surface area contributed by atoms with Gasteiger partial charge >= 0.3 is 0 Å². The lowest BCUT2D eigenvalue weighted by molar-refractivity contribution is -0.138. The maximum absolute atomic E-state index is 11.8. The highest BCUT2D eigenvalue weighted by Gasteiger charge is 2.48. The standard InChI is InChI=1S/C13H25NO/c1-5-11-8-10(4)6-7-13(11,9(2)3)12(14)15/h9-11H,5-8H2,1-4H3,(H2,14,15).